The van der Waals surface area contributed by atoms with Crippen molar-refractivity contribution >= 4 is 17.0 Å². The van der Waals surface area contributed by atoms with Crippen LogP contribution in [0.3, 0.4) is 0 Å². The molecule has 0 aliphatic carbocycles. The number of hydrogen-bond donors (Lipinski definition) is 3. The largest absolute Gasteiger partial charge is 0.388 e. The van der Waals surface area contributed by atoms with E-state index < -0.39 is 17.4 Å². The molecule has 0 saturated heterocycles. The van der Waals surface area contributed by atoms with E-state index in [0.29, 0.717) is 12.1 Å². The van der Waals surface area contributed by atoms with Crippen molar-refractivity contribution in [3.05, 3.63) is 29.8 Å². The fourth-order valence-corrected chi connectivity index (χ4v) is 1.47. The first-order chi connectivity index (χ1) is 6.63. The molecule has 4 nitrogen and oxygen atoms in total. The average molecular weight is 215 g/mol. The summed E-state index contributed by atoms with van der Waals surface area (Å²) in [7, 11) is 0. The van der Waals surface area contributed by atoms with Crippen molar-refractivity contribution < 1.29 is 13.9 Å². The van der Waals surface area contributed by atoms with Crippen molar-refractivity contribution in [1.29, 1.82) is 0 Å². The molecule has 78 valence electrons. The van der Waals surface area contributed by atoms with Gasteiger partial charge in [-0.3, -0.25) is 9.27 Å². The molecule has 0 spiro atoms. The second-order valence-corrected chi connectivity index (χ2v) is 3.60. The molecule has 1 aromatic rings. The van der Waals surface area contributed by atoms with E-state index in [4.69, 9.17) is 4.55 Å². The molecule has 1 aromatic carbocycles. The van der Waals surface area contributed by atoms with Crippen LogP contribution in [0.4, 0.5) is 5.69 Å². The first-order valence-electron chi connectivity index (χ1n) is 4.29. The van der Waals surface area contributed by atoms with Gasteiger partial charge in [0.25, 0.3) is 11.3 Å². The van der Waals surface area contributed by atoms with Crippen molar-refractivity contribution in [2.45, 2.75) is 19.4 Å². The lowest BCUT2D eigenvalue weighted by Gasteiger charge is -2.09. The van der Waals surface area contributed by atoms with Gasteiger partial charge in [-0.1, -0.05) is 19.1 Å². The Morgan fingerprint density at radius 1 is 1.57 bits per heavy atom. The first-order valence-corrected chi connectivity index (χ1v) is 5.39. The zero-order valence-corrected chi connectivity index (χ0v) is 8.62. The van der Waals surface area contributed by atoms with Gasteiger partial charge >= 0.3 is 0 Å². The van der Waals surface area contributed by atoms with Gasteiger partial charge in [0.2, 0.25) is 0 Å². The van der Waals surface area contributed by atoms with Crippen molar-refractivity contribution in [2.75, 3.05) is 4.72 Å². The van der Waals surface area contributed by atoms with Crippen LogP contribution in [0.25, 0.3) is 0 Å². The summed E-state index contributed by atoms with van der Waals surface area (Å²) in [6, 6.07) is 6.82. The Labute approximate surface area is 85.4 Å². The van der Waals surface area contributed by atoms with Gasteiger partial charge in [0.1, 0.15) is 0 Å². The molecule has 0 amide bonds. The van der Waals surface area contributed by atoms with Crippen LogP contribution < -0.4 is 4.72 Å². The summed E-state index contributed by atoms with van der Waals surface area (Å²) in [5, 5.41) is 9.52. The number of benzene rings is 1. The van der Waals surface area contributed by atoms with Gasteiger partial charge in [0.05, 0.1) is 6.10 Å². The molecule has 0 aliphatic heterocycles. The van der Waals surface area contributed by atoms with Crippen LogP contribution in [-0.2, 0) is 11.3 Å². The lowest BCUT2D eigenvalue weighted by Crippen LogP contribution is -2.03. The predicted octanol–water partition coefficient (Wildman–Crippen LogP) is 1.68. The summed E-state index contributed by atoms with van der Waals surface area (Å²) in [6.07, 6.45) is 0.0925. The van der Waals surface area contributed by atoms with Crippen LogP contribution in [0.2, 0.25) is 0 Å². The van der Waals surface area contributed by atoms with E-state index in [1.54, 1.807) is 24.3 Å². The van der Waals surface area contributed by atoms with Gasteiger partial charge in [-0.05, 0) is 24.1 Å². The minimum Gasteiger partial charge on any atom is -0.388 e. The highest BCUT2D eigenvalue weighted by atomic mass is 32.2. The summed E-state index contributed by atoms with van der Waals surface area (Å²) in [5.74, 6) is 0. The third-order valence-corrected chi connectivity index (χ3v) is 2.27. The number of aliphatic hydroxyl groups excluding tert-OH is 1. The van der Waals surface area contributed by atoms with Crippen molar-refractivity contribution in [1.82, 2.24) is 0 Å². The molecule has 2 atom stereocenters. The molecule has 0 saturated carbocycles. The molecule has 1 rings (SSSR count). The predicted molar refractivity (Wildman–Crippen MR) is 56.1 cm³/mol. The maximum Gasteiger partial charge on any atom is 0.259 e. The van der Waals surface area contributed by atoms with Crippen LogP contribution in [-0.4, -0.2) is 13.9 Å². The summed E-state index contributed by atoms with van der Waals surface area (Å²) in [4.78, 5) is 0. The highest BCUT2D eigenvalue weighted by Crippen LogP contribution is 2.19. The molecule has 0 aliphatic rings. The van der Waals surface area contributed by atoms with Gasteiger partial charge in [-0.2, -0.15) is 0 Å². The Hall–Kier alpha value is -0.910. The lowest BCUT2D eigenvalue weighted by molar-refractivity contribution is 0.174. The third-order valence-electron chi connectivity index (χ3n) is 1.86. The summed E-state index contributed by atoms with van der Waals surface area (Å²) in [6.45, 7) is 1.87. The number of hydrogen-bond acceptors (Lipinski definition) is 2. The molecule has 1 unspecified atom stereocenters. The zero-order valence-electron chi connectivity index (χ0n) is 7.80. The Kier molecular flexibility index (Phi) is 4.06. The second kappa shape index (κ2) is 5.09. The smallest absolute Gasteiger partial charge is 0.259 e. The monoisotopic (exact) mass is 215 g/mol. The van der Waals surface area contributed by atoms with Gasteiger partial charge in [0, 0.05) is 5.69 Å². The highest BCUT2D eigenvalue weighted by Gasteiger charge is 2.05. The van der Waals surface area contributed by atoms with Gasteiger partial charge in [0.15, 0.2) is 0 Å². The Morgan fingerprint density at radius 3 is 2.86 bits per heavy atom. The van der Waals surface area contributed by atoms with Crippen LogP contribution in [0.15, 0.2) is 24.3 Å². The molecule has 14 heavy (non-hydrogen) atoms. The van der Waals surface area contributed by atoms with E-state index >= 15 is 0 Å². The molecular weight excluding hydrogens is 202 g/mol. The van der Waals surface area contributed by atoms with E-state index in [1.807, 2.05) is 6.92 Å². The Bertz CT molecular complexity index is 330. The molecule has 0 fully saturated rings. The first kappa shape index (κ1) is 11.2. The molecule has 0 bridgehead atoms. The third kappa shape index (κ3) is 3.10. The standard InChI is InChI=1S/C9H13NO3S/c1-2-9(11)7-4-3-5-8(6-7)10-14(12)13/h3-6,9-11H,2H2,1H3,(H,12,13)/t9-/m0/s1. The van der Waals surface area contributed by atoms with Gasteiger partial charge < -0.3 is 5.11 Å². The quantitative estimate of drug-likeness (QED) is 0.669. The summed E-state index contributed by atoms with van der Waals surface area (Å²) >= 11 is -2.07. The van der Waals surface area contributed by atoms with Crippen LogP contribution >= 0.6 is 0 Å². The minimum absolute atomic E-state index is 0.524. The van der Waals surface area contributed by atoms with E-state index in [1.165, 1.54) is 0 Å². The lowest BCUT2D eigenvalue weighted by atomic mass is 10.1. The Balaban J connectivity index is 2.83. The topological polar surface area (TPSA) is 69.6 Å². The maximum atomic E-state index is 10.5. The summed E-state index contributed by atoms with van der Waals surface area (Å²) in [5.41, 5.74) is 1.26. The van der Waals surface area contributed by atoms with Crippen LogP contribution in [0.1, 0.15) is 25.0 Å². The van der Waals surface area contributed by atoms with Gasteiger partial charge in [-0.25, -0.2) is 4.21 Å². The molecule has 0 aromatic heterocycles. The average Bonchev–Trinajstić information content (AvgIpc) is 2.16. The van der Waals surface area contributed by atoms with E-state index in [-0.39, 0.29) is 0 Å². The molecule has 5 heteroatoms. The summed E-state index contributed by atoms with van der Waals surface area (Å²) < 4.78 is 21.4. The van der Waals surface area contributed by atoms with Crippen molar-refractivity contribution in [3.8, 4) is 0 Å². The minimum atomic E-state index is -2.07. The van der Waals surface area contributed by atoms with E-state index in [0.717, 1.165) is 5.56 Å². The Morgan fingerprint density at radius 2 is 2.29 bits per heavy atom. The second-order valence-electron chi connectivity index (χ2n) is 2.90. The van der Waals surface area contributed by atoms with Crippen molar-refractivity contribution in [2.24, 2.45) is 0 Å². The number of rotatable bonds is 4. The molecule has 0 radical (unpaired) electrons. The van der Waals surface area contributed by atoms with E-state index in [2.05, 4.69) is 4.72 Å². The number of nitrogens with one attached hydrogen (secondary N) is 1. The fourth-order valence-electron chi connectivity index (χ4n) is 1.15. The number of anilines is 1. The maximum absolute atomic E-state index is 10.5. The van der Waals surface area contributed by atoms with Gasteiger partial charge in [-0.15, -0.1) is 0 Å². The van der Waals surface area contributed by atoms with Crippen LogP contribution in [0, 0.1) is 0 Å². The molecule has 0 heterocycles. The highest BCUT2D eigenvalue weighted by molar-refractivity contribution is 7.80. The normalized spacial score (nSPS) is 14.8. The molecular formula is C9H13NO3S. The SMILES string of the molecule is CC[C@H](O)c1cccc(NS(=O)O)c1. The fraction of sp³-hybridized carbons (Fsp3) is 0.333. The van der Waals surface area contributed by atoms with Crippen molar-refractivity contribution in [3.63, 3.8) is 0 Å². The number of aliphatic hydroxyl groups is 1. The van der Waals surface area contributed by atoms with Crippen LogP contribution in [0.5, 0.6) is 0 Å². The van der Waals surface area contributed by atoms with E-state index in [9.17, 15) is 9.32 Å². The molecule has 3 N–H and O–H groups in total. The zero-order chi connectivity index (χ0) is 10.6.